The number of rotatable bonds is 6. The average Bonchev–Trinajstić information content (AvgIpc) is 3.15. The van der Waals surface area contributed by atoms with Crippen LogP contribution in [0.25, 0.3) is 0 Å². The second-order valence-corrected chi connectivity index (χ2v) is 11.0. The van der Waals surface area contributed by atoms with Crippen LogP contribution in [0.4, 0.5) is 0 Å². The number of hydrogen-bond acceptors (Lipinski definition) is 5. The van der Waals surface area contributed by atoms with E-state index in [-0.39, 0.29) is 5.91 Å². The molecule has 0 bridgehead atoms. The molecule has 0 saturated carbocycles. The number of benzene rings is 1. The molecular formula is C21H29N3O3S2. The normalized spacial score (nSPS) is 16.0. The van der Waals surface area contributed by atoms with Crippen molar-refractivity contribution in [2.75, 3.05) is 26.2 Å². The number of carbonyl (C=O) groups is 1. The molecule has 1 fully saturated rings. The summed E-state index contributed by atoms with van der Waals surface area (Å²) in [5.41, 5.74) is 1.57. The van der Waals surface area contributed by atoms with Gasteiger partial charge < -0.3 is 4.90 Å². The Hall–Kier alpha value is -1.77. The highest BCUT2D eigenvalue weighted by Crippen LogP contribution is 2.22. The molecule has 0 unspecified atom stereocenters. The maximum Gasteiger partial charge on any atom is 0.273 e. The molecule has 29 heavy (non-hydrogen) atoms. The van der Waals surface area contributed by atoms with Crippen LogP contribution in [0, 0.1) is 5.92 Å². The van der Waals surface area contributed by atoms with Gasteiger partial charge in [0.15, 0.2) is 0 Å². The van der Waals surface area contributed by atoms with E-state index >= 15 is 0 Å². The van der Waals surface area contributed by atoms with Crippen molar-refractivity contribution in [1.82, 2.24) is 14.2 Å². The molecule has 2 aromatic rings. The van der Waals surface area contributed by atoms with E-state index in [2.05, 4.69) is 32.7 Å². The van der Waals surface area contributed by atoms with Gasteiger partial charge in [0, 0.05) is 38.0 Å². The summed E-state index contributed by atoms with van der Waals surface area (Å²) in [7, 11) is -3.55. The Kier molecular flexibility index (Phi) is 6.76. The van der Waals surface area contributed by atoms with Gasteiger partial charge in [0.2, 0.25) is 10.0 Å². The number of amides is 1. The summed E-state index contributed by atoms with van der Waals surface area (Å²) in [6.45, 7) is 9.74. The van der Waals surface area contributed by atoms with E-state index in [1.807, 2.05) is 12.1 Å². The van der Waals surface area contributed by atoms with Gasteiger partial charge in [-0.1, -0.05) is 39.8 Å². The lowest BCUT2D eigenvalue weighted by Crippen LogP contribution is -2.50. The number of nitrogens with zero attached hydrogens (tertiary/aromatic N) is 3. The largest absolute Gasteiger partial charge is 0.335 e. The van der Waals surface area contributed by atoms with E-state index in [0.717, 1.165) is 17.0 Å². The molecule has 0 radical (unpaired) electrons. The van der Waals surface area contributed by atoms with Gasteiger partial charge in [-0.3, -0.25) is 4.79 Å². The van der Waals surface area contributed by atoms with Crippen molar-refractivity contribution in [3.05, 3.63) is 45.9 Å². The number of piperazine rings is 1. The van der Waals surface area contributed by atoms with Crippen molar-refractivity contribution in [2.24, 2.45) is 5.92 Å². The minimum absolute atomic E-state index is 0.116. The van der Waals surface area contributed by atoms with Crippen molar-refractivity contribution in [3.8, 4) is 0 Å². The third kappa shape index (κ3) is 5.05. The first-order chi connectivity index (χ1) is 13.7. The van der Waals surface area contributed by atoms with Crippen LogP contribution in [0.5, 0.6) is 0 Å². The van der Waals surface area contributed by atoms with Crippen LogP contribution in [0.15, 0.2) is 34.5 Å². The molecule has 0 spiro atoms. The Morgan fingerprint density at radius 1 is 1.07 bits per heavy atom. The van der Waals surface area contributed by atoms with Crippen molar-refractivity contribution in [1.29, 1.82) is 0 Å². The van der Waals surface area contributed by atoms with E-state index in [1.54, 1.807) is 22.4 Å². The summed E-state index contributed by atoms with van der Waals surface area (Å²) in [5.74, 6) is 0.732. The number of thiazole rings is 1. The monoisotopic (exact) mass is 435 g/mol. The predicted octanol–water partition coefficient (Wildman–Crippen LogP) is 3.61. The smallest absolute Gasteiger partial charge is 0.273 e. The molecule has 1 aliphatic heterocycles. The van der Waals surface area contributed by atoms with Gasteiger partial charge in [0.1, 0.15) is 5.69 Å². The molecule has 1 amide bonds. The molecule has 3 rings (SSSR count). The van der Waals surface area contributed by atoms with Gasteiger partial charge in [0.05, 0.1) is 9.90 Å². The van der Waals surface area contributed by atoms with Crippen LogP contribution < -0.4 is 0 Å². The lowest BCUT2D eigenvalue weighted by atomic mass is 10.0. The maximum atomic E-state index is 12.9. The standard InChI is InChI=1S/C21H29N3O3S2/c1-15(2)13-20-22-19(14-28-20)21(25)23-9-11-24(12-10-23)29(26,27)18-7-5-17(6-8-18)16(3)4/h5-8,14-16H,9-13H2,1-4H3. The summed E-state index contributed by atoms with van der Waals surface area (Å²) >= 11 is 1.51. The highest BCUT2D eigenvalue weighted by molar-refractivity contribution is 7.89. The van der Waals surface area contributed by atoms with Crippen LogP contribution in [0.2, 0.25) is 0 Å². The first-order valence-electron chi connectivity index (χ1n) is 10.0. The van der Waals surface area contributed by atoms with Crippen LogP contribution >= 0.6 is 11.3 Å². The first kappa shape index (κ1) is 21.9. The van der Waals surface area contributed by atoms with Crippen molar-refractivity contribution < 1.29 is 13.2 Å². The minimum Gasteiger partial charge on any atom is -0.335 e. The highest BCUT2D eigenvalue weighted by Gasteiger charge is 2.31. The second-order valence-electron chi connectivity index (χ2n) is 8.14. The quantitative estimate of drug-likeness (QED) is 0.695. The van der Waals surface area contributed by atoms with Crippen molar-refractivity contribution >= 4 is 27.3 Å². The fourth-order valence-corrected chi connectivity index (χ4v) is 5.72. The topological polar surface area (TPSA) is 70.6 Å². The Morgan fingerprint density at radius 3 is 2.24 bits per heavy atom. The molecular weight excluding hydrogens is 406 g/mol. The molecule has 0 aliphatic carbocycles. The molecule has 2 heterocycles. The Bertz CT molecular complexity index is 942. The second kappa shape index (κ2) is 8.93. The van der Waals surface area contributed by atoms with Crippen LogP contribution in [-0.4, -0.2) is 54.7 Å². The zero-order chi connectivity index (χ0) is 21.2. The number of hydrogen-bond donors (Lipinski definition) is 0. The Morgan fingerprint density at radius 2 is 1.69 bits per heavy atom. The first-order valence-corrected chi connectivity index (χ1v) is 12.3. The highest BCUT2D eigenvalue weighted by atomic mass is 32.2. The average molecular weight is 436 g/mol. The van der Waals surface area contributed by atoms with Gasteiger partial charge in [-0.25, -0.2) is 13.4 Å². The third-order valence-corrected chi connectivity index (χ3v) is 7.85. The summed E-state index contributed by atoms with van der Waals surface area (Å²) in [5, 5.41) is 2.77. The molecule has 0 N–H and O–H groups in total. The third-order valence-electron chi connectivity index (χ3n) is 5.06. The van der Waals surface area contributed by atoms with Gasteiger partial charge >= 0.3 is 0 Å². The lowest BCUT2D eigenvalue weighted by molar-refractivity contribution is 0.0692. The van der Waals surface area contributed by atoms with E-state index < -0.39 is 10.0 Å². The van der Waals surface area contributed by atoms with Gasteiger partial charge in [-0.15, -0.1) is 11.3 Å². The lowest BCUT2D eigenvalue weighted by Gasteiger charge is -2.33. The molecule has 1 aromatic carbocycles. The van der Waals surface area contributed by atoms with E-state index in [0.29, 0.717) is 48.6 Å². The molecule has 1 saturated heterocycles. The fourth-order valence-electron chi connectivity index (χ4n) is 3.32. The fraction of sp³-hybridized carbons (Fsp3) is 0.524. The maximum absolute atomic E-state index is 12.9. The van der Waals surface area contributed by atoms with E-state index in [4.69, 9.17) is 0 Å². The zero-order valence-electron chi connectivity index (χ0n) is 17.5. The van der Waals surface area contributed by atoms with Gasteiger partial charge in [0.25, 0.3) is 5.91 Å². The number of carbonyl (C=O) groups excluding carboxylic acids is 1. The predicted molar refractivity (Wildman–Crippen MR) is 116 cm³/mol. The van der Waals surface area contributed by atoms with E-state index in [9.17, 15) is 13.2 Å². The summed E-state index contributed by atoms with van der Waals surface area (Å²) in [6.07, 6.45) is 0.861. The summed E-state index contributed by atoms with van der Waals surface area (Å²) in [6, 6.07) is 7.09. The number of aromatic nitrogens is 1. The minimum atomic E-state index is -3.55. The molecule has 1 aromatic heterocycles. The molecule has 158 valence electrons. The Labute approximate surface area is 177 Å². The Balaban J connectivity index is 1.63. The van der Waals surface area contributed by atoms with E-state index in [1.165, 1.54) is 15.6 Å². The van der Waals surface area contributed by atoms with Crippen LogP contribution in [-0.2, 0) is 16.4 Å². The number of sulfonamides is 1. The van der Waals surface area contributed by atoms with Gasteiger partial charge in [-0.05, 0) is 29.5 Å². The summed E-state index contributed by atoms with van der Waals surface area (Å²) < 4.78 is 27.3. The zero-order valence-corrected chi connectivity index (χ0v) is 19.1. The SMILES string of the molecule is CC(C)Cc1nc(C(=O)N2CCN(S(=O)(=O)c3ccc(C(C)C)cc3)CC2)cs1. The van der Waals surface area contributed by atoms with Gasteiger partial charge in [-0.2, -0.15) is 4.31 Å². The molecule has 1 aliphatic rings. The molecule has 0 atom stereocenters. The van der Waals surface area contributed by atoms with Crippen LogP contribution in [0.1, 0.15) is 54.7 Å². The van der Waals surface area contributed by atoms with Crippen LogP contribution in [0.3, 0.4) is 0 Å². The molecule has 6 nitrogen and oxygen atoms in total. The molecule has 8 heteroatoms. The van der Waals surface area contributed by atoms with Crippen molar-refractivity contribution in [3.63, 3.8) is 0 Å². The van der Waals surface area contributed by atoms with Crippen molar-refractivity contribution in [2.45, 2.75) is 44.9 Å². The summed E-state index contributed by atoms with van der Waals surface area (Å²) in [4.78, 5) is 19.2.